The fourth-order valence-corrected chi connectivity index (χ4v) is 1.45. The van der Waals surface area contributed by atoms with Gasteiger partial charge in [-0.3, -0.25) is 0 Å². The molecular weight excluding hydrogens is 202 g/mol. The minimum absolute atomic E-state index is 0.194. The molecule has 0 unspecified atom stereocenters. The van der Waals surface area contributed by atoms with Crippen LogP contribution in [0, 0.1) is 0 Å². The monoisotopic (exact) mass is 223 g/mol. The van der Waals surface area contributed by atoms with E-state index < -0.39 is 0 Å². The van der Waals surface area contributed by atoms with Crippen LogP contribution in [0.25, 0.3) is 0 Å². The van der Waals surface area contributed by atoms with Crippen LogP contribution in [-0.4, -0.2) is 31.4 Å². The zero-order chi connectivity index (χ0) is 11.6. The first-order valence-corrected chi connectivity index (χ1v) is 5.90. The Bertz CT molecular complexity index is 289. The molecule has 16 heavy (non-hydrogen) atoms. The van der Waals surface area contributed by atoms with Gasteiger partial charge in [-0.05, 0) is 37.1 Å². The van der Waals surface area contributed by atoms with Crippen molar-refractivity contribution in [3.8, 4) is 5.75 Å². The molecule has 1 rings (SSSR count). The van der Waals surface area contributed by atoms with Crippen LogP contribution in [-0.2, 0) is 6.42 Å². The van der Waals surface area contributed by atoms with Gasteiger partial charge in [-0.25, -0.2) is 0 Å². The van der Waals surface area contributed by atoms with Crippen molar-refractivity contribution >= 4 is 0 Å². The molecule has 0 fully saturated rings. The molecule has 2 N–H and O–H groups in total. The Morgan fingerprint density at radius 2 is 2.19 bits per heavy atom. The summed E-state index contributed by atoms with van der Waals surface area (Å²) in [6.07, 6.45) is 1.99. The van der Waals surface area contributed by atoms with Crippen LogP contribution in [0.2, 0.25) is 0 Å². The number of hydrogen-bond acceptors (Lipinski definition) is 3. The van der Waals surface area contributed by atoms with Gasteiger partial charge in [0.2, 0.25) is 0 Å². The second kappa shape index (κ2) is 8.13. The zero-order valence-corrected chi connectivity index (χ0v) is 9.91. The van der Waals surface area contributed by atoms with Crippen molar-refractivity contribution in [2.24, 2.45) is 0 Å². The van der Waals surface area contributed by atoms with Crippen LogP contribution in [0.4, 0.5) is 0 Å². The molecule has 1 aromatic rings. The normalized spacial score (nSPS) is 10.4. The van der Waals surface area contributed by atoms with Gasteiger partial charge in [0.25, 0.3) is 0 Å². The average molecular weight is 223 g/mol. The average Bonchev–Trinajstić information content (AvgIpc) is 2.34. The lowest BCUT2D eigenvalue weighted by atomic mass is 10.2. The molecule has 0 aromatic heterocycles. The number of aryl methyl sites for hydroxylation is 1. The maximum absolute atomic E-state index is 8.56. The molecule has 0 heterocycles. The molecule has 0 saturated carbocycles. The molecule has 0 aliphatic rings. The molecule has 3 nitrogen and oxygen atoms in total. The van der Waals surface area contributed by atoms with E-state index in [4.69, 9.17) is 9.84 Å². The van der Waals surface area contributed by atoms with E-state index in [-0.39, 0.29) is 6.61 Å². The molecule has 90 valence electrons. The van der Waals surface area contributed by atoms with Gasteiger partial charge >= 0.3 is 0 Å². The number of aliphatic hydroxyl groups is 1. The molecule has 1 aromatic carbocycles. The Morgan fingerprint density at radius 1 is 1.31 bits per heavy atom. The Morgan fingerprint density at radius 3 is 2.94 bits per heavy atom. The second-order valence-corrected chi connectivity index (χ2v) is 3.68. The van der Waals surface area contributed by atoms with Gasteiger partial charge in [-0.15, -0.1) is 0 Å². The number of ether oxygens (including phenoxy) is 1. The summed E-state index contributed by atoms with van der Waals surface area (Å²) in [6, 6.07) is 8.20. The molecule has 0 saturated heterocycles. The smallest absolute Gasteiger partial charge is 0.119 e. The highest BCUT2D eigenvalue weighted by atomic mass is 16.5. The van der Waals surface area contributed by atoms with E-state index in [1.807, 2.05) is 12.1 Å². The molecular formula is C13H21NO2. The summed E-state index contributed by atoms with van der Waals surface area (Å²) in [7, 11) is 0. The first-order valence-electron chi connectivity index (χ1n) is 5.90. The second-order valence-electron chi connectivity index (χ2n) is 3.68. The van der Waals surface area contributed by atoms with Gasteiger partial charge in [-0.1, -0.05) is 19.1 Å². The number of benzene rings is 1. The van der Waals surface area contributed by atoms with Crippen molar-refractivity contribution in [1.82, 2.24) is 5.32 Å². The van der Waals surface area contributed by atoms with Crippen LogP contribution in [0.1, 0.15) is 18.9 Å². The van der Waals surface area contributed by atoms with Crippen molar-refractivity contribution < 1.29 is 9.84 Å². The van der Waals surface area contributed by atoms with E-state index in [1.165, 1.54) is 5.56 Å². The SMILES string of the molecule is CCc1cccc(OCCCNCCO)c1. The van der Waals surface area contributed by atoms with Crippen molar-refractivity contribution in [3.05, 3.63) is 29.8 Å². The minimum Gasteiger partial charge on any atom is -0.494 e. The van der Waals surface area contributed by atoms with E-state index in [2.05, 4.69) is 24.4 Å². The van der Waals surface area contributed by atoms with E-state index in [0.29, 0.717) is 13.2 Å². The van der Waals surface area contributed by atoms with Gasteiger partial charge in [0.1, 0.15) is 5.75 Å². The Labute approximate surface area is 97.4 Å². The predicted molar refractivity (Wildman–Crippen MR) is 65.9 cm³/mol. The van der Waals surface area contributed by atoms with Gasteiger partial charge in [0, 0.05) is 6.54 Å². The summed E-state index contributed by atoms with van der Waals surface area (Å²) in [5, 5.41) is 11.7. The molecule has 0 amide bonds. The molecule has 0 radical (unpaired) electrons. The quantitative estimate of drug-likeness (QED) is 0.658. The molecule has 0 spiro atoms. The maximum Gasteiger partial charge on any atom is 0.119 e. The van der Waals surface area contributed by atoms with Crippen LogP contribution in [0.5, 0.6) is 5.75 Å². The summed E-state index contributed by atoms with van der Waals surface area (Å²) in [4.78, 5) is 0. The lowest BCUT2D eigenvalue weighted by Gasteiger charge is -2.07. The van der Waals surface area contributed by atoms with Gasteiger partial charge < -0.3 is 15.2 Å². The summed E-state index contributed by atoms with van der Waals surface area (Å²) >= 11 is 0. The molecule has 0 bridgehead atoms. The van der Waals surface area contributed by atoms with Crippen LogP contribution < -0.4 is 10.1 Å². The predicted octanol–water partition coefficient (Wildman–Crippen LogP) is 1.60. The standard InChI is InChI=1S/C13H21NO2/c1-2-12-5-3-6-13(11-12)16-10-4-7-14-8-9-15/h3,5-6,11,14-15H,2,4,7-10H2,1H3. The number of hydrogen-bond donors (Lipinski definition) is 2. The number of aliphatic hydroxyl groups excluding tert-OH is 1. The molecule has 0 aliphatic heterocycles. The lowest BCUT2D eigenvalue weighted by Crippen LogP contribution is -2.20. The topological polar surface area (TPSA) is 41.5 Å². The Balaban J connectivity index is 2.16. The number of rotatable bonds is 8. The van der Waals surface area contributed by atoms with Crippen molar-refractivity contribution in [2.75, 3.05) is 26.3 Å². The fourth-order valence-electron chi connectivity index (χ4n) is 1.45. The summed E-state index contributed by atoms with van der Waals surface area (Å²) in [6.45, 7) is 4.59. The summed E-state index contributed by atoms with van der Waals surface area (Å²) in [5.74, 6) is 0.946. The third-order valence-electron chi connectivity index (χ3n) is 2.36. The highest BCUT2D eigenvalue weighted by Gasteiger charge is 1.95. The van der Waals surface area contributed by atoms with E-state index in [9.17, 15) is 0 Å². The van der Waals surface area contributed by atoms with Crippen molar-refractivity contribution in [3.63, 3.8) is 0 Å². The van der Waals surface area contributed by atoms with Crippen molar-refractivity contribution in [2.45, 2.75) is 19.8 Å². The fraction of sp³-hybridized carbons (Fsp3) is 0.538. The van der Waals surface area contributed by atoms with Gasteiger partial charge in [0.05, 0.1) is 13.2 Å². The zero-order valence-electron chi connectivity index (χ0n) is 9.91. The van der Waals surface area contributed by atoms with Gasteiger partial charge in [-0.2, -0.15) is 0 Å². The van der Waals surface area contributed by atoms with Crippen molar-refractivity contribution in [1.29, 1.82) is 0 Å². The van der Waals surface area contributed by atoms with E-state index >= 15 is 0 Å². The first-order chi connectivity index (χ1) is 7.86. The van der Waals surface area contributed by atoms with E-state index in [0.717, 1.165) is 25.1 Å². The lowest BCUT2D eigenvalue weighted by molar-refractivity contribution is 0.282. The highest BCUT2D eigenvalue weighted by molar-refractivity contribution is 5.28. The first kappa shape index (κ1) is 13.0. The Kier molecular flexibility index (Phi) is 6.61. The van der Waals surface area contributed by atoms with E-state index in [1.54, 1.807) is 0 Å². The summed E-state index contributed by atoms with van der Waals surface area (Å²) < 4.78 is 5.63. The molecule has 0 aliphatic carbocycles. The maximum atomic E-state index is 8.56. The number of nitrogens with one attached hydrogen (secondary N) is 1. The third kappa shape index (κ3) is 5.14. The molecule has 3 heteroatoms. The highest BCUT2D eigenvalue weighted by Crippen LogP contribution is 2.13. The van der Waals surface area contributed by atoms with Gasteiger partial charge in [0.15, 0.2) is 0 Å². The third-order valence-corrected chi connectivity index (χ3v) is 2.36. The summed E-state index contributed by atoms with van der Waals surface area (Å²) in [5.41, 5.74) is 1.30. The molecule has 0 atom stereocenters. The van der Waals surface area contributed by atoms with Crippen LogP contribution in [0.15, 0.2) is 24.3 Å². The van der Waals surface area contributed by atoms with Crippen LogP contribution in [0.3, 0.4) is 0 Å². The largest absolute Gasteiger partial charge is 0.494 e. The minimum atomic E-state index is 0.194. The van der Waals surface area contributed by atoms with Crippen LogP contribution >= 0.6 is 0 Å². The Hall–Kier alpha value is -1.06.